The van der Waals surface area contributed by atoms with Crippen molar-refractivity contribution >= 4 is 17.6 Å². The number of hydrogen-bond donors (Lipinski definition) is 0. The van der Waals surface area contributed by atoms with E-state index >= 15 is 0 Å². The molecule has 0 spiro atoms. The van der Waals surface area contributed by atoms with Crippen LogP contribution < -0.4 is 0 Å². The van der Waals surface area contributed by atoms with Crippen molar-refractivity contribution in [3.8, 4) is 11.1 Å². The number of aromatic nitrogens is 1. The van der Waals surface area contributed by atoms with Crippen molar-refractivity contribution in [2.45, 2.75) is 44.6 Å². The van der Waals surface area contributed by atoms with Gasteiger partial charge in [0.2, 0.25) is 0 Å². The molecule has 0 atom stereocenters. The van der Waals surface area contributed by atoms with Gasteiger partial charge in [-0.05, 0) is 67.0 Å². The van der Waals surface area contributed by atoms with E-state index in [1.165, 1.54) is 16.7 Å². The minimum Gasteiger partial charge on any atom is -0.446 e. The van der Waals surface area contributed by atoms with Crippen molar-refractivity contribution in [1.29, 1.82) is 0 Å². The number of ether oxygens (including phenoxy) is 2. The molecule has 1 aromatic heterocycles. The Morgan fingerprint density at radius 2 is 1.73 bits per heavy atom. The van der Waals surface area contributed by atoms with E-state index in [4.69, 9.17) is 14.5 Å². The summed E-state index contributed by atoms with van der Waals surface area (Å²) in [5.41, 5.74) is 7.53. The standard InChI is InChI=1S/C30H33N3O4/c34-29(32-15-17-36-18-16-32)23-7-5-21(6-8-23)24-19-27-26(9-10-28(27)31-20-24)22-11-13-33(14-12-22)30(35)37-25-3-1-2-4-25/h5-9,11,19-20,25H,1-4,10,12-18H2. The van der Waals surface area contributed by atoms with E-state index < -0.39 is 0 Å². The van der Waals surface area contributed by atoms with Gasteiger partial charge >= 0.3 is 6.09 Å². The first kappa shape index (κ1) is 23.9. The van der Waals surface area contributed by atoms with Gasteiger partial charge < -0.3 is 19.3 Å². The van der Waals surface area contributed by atoms with Crippen molar-refractivity contribution in [3.63, 3.8) is 0 Å². The first-order valence-corrected chi connectivity index (χ1v) is 13.5. The maximum absolute atomic E-state index is 12.8. The number of nitrogens with zero attached hydrogens (tertiary/aromatic N) is 3. The van der Waals surface area contributed by atoms with E-state index in [0.29, 0.717) is 45.0 Å². The fourth-order valence-electron chi connectivity index (χ4n) is 5.72. The molecule has 1 saturated carbocycles. The summed E-state index contributed by atoms with van der Waals surface area (Å²) >= 11 is 0. The quantitative estimate of drug-likeness (QED) is 0.600. The van der Waals surface area contributed by atoms with Crippen molar-refractivity contribution < 1.29 is 19.1 Å². The van der Waals surface area contributed by atoms with Gasteiger partial charge in [0.1, 0.15) is 6.10 Å². The highest BCUT2D eigenvalue weighted by Gasteiger charge is 2.27. The van der Waals surface area contributed by atoms with Crippen LogP contribution in [0.3, 0.4) is 0 Å². The fourth-order valence-corrected chi connectivity index (χ4v) is 5.72. The Hall–Kier alpha value is -3.45. The Bertz CT molecular complexity index is 1240. The Labute approximate surface area is 217 Å². The third-order valence-electron chi connectivity index (χ3n) is 7.91. The van der Waals surface area contributed by atoms with Gasteiger partial charge in [-0.3, -0.25) is 9.78 Å². The zero-order valence-electron chi connectivity index (χ0n) is 21.2. The number of pyridine rings is 1. The number of rotatable bonds is 4. The van der Waals surface area contributed by atoms with Gasteiger partial charge in [0.15, 0.2) is 0 Å². The van der Waals surface area contributed by atoms with Crippen LogP contribution >= 0.6 is 0 Å². The van der Waals surface area contributed by atoms with E-state index in [1.807, 2.05) is 40.3 Å². The van der Waals surface area contributed by atoms with E-state index in [2.05, 4.69) is 18.2 Å². The molecule has 1 aromatic carbocycles. The number of carbonyl (C=O) groups excluding carboxylic acids is 2. The number of allylic oxidation sites excluding steroid dienone is 2. The molecule has 0 N–H and O–H groups in total. The molecular formula is C30H33N3O4. The molecule has 2 aliphatic heterocycles. The molecule has 37 heavy (non-hydrogen) atoms. The second-order valence-electron chi connectivity index (χ2n) is 10.2. The highest BCUT2D eigenvalue weighted by atomic mass is 16.6. The lowest BCUT2D eigenvalue weighted by molar-refractivity contribution is 0.0303. The largest absolute Gasteiger partial charge is 0.446 e. The lowest BCUT2D eigenvalue weighted by Gasteiger charge is -2.28. The number of fused-ring (bicyclic) bond motifs is 1. The molecule has 0 bridgehead atoms. The molecule has 0 unspecified atom stereocenters. The van der Waals surface area contributed by atoms with Crippen LogP contribution in [0.15, 0.2) is 54.3 Å². The smallest absolute Gasteiger partial charge is 0.410 e. The summed E-state index contributed by atoms with van der Waals surface area (Å²) in [4.78, 5) is 33.8. The monoisotopic (exact) mass is 499 g/mol. The molecule has 1 saturated heterocycles. The second-order valence-corrected chi connectivity index (χ2v) is 10.2. The molecule has 4 aliphatic rings. The van der Waals surface area contributed by atoms with E-state index in [9.17, 15) is 9.59 Å². The van der Waals surface area contributed by atoms with Crippen LogP contribution in [-0.4, -0.2) is 72.3 Å². The first-order valence-electron chi connectivity index (χ1n) is 13.5. The van der Waals surface area contributed by atoms with E-state index in [1.54, 1.807) is 0 Å². The Morgan fingerprint density at radius 3 is 2.46 bits per heavy atom. The minimum absolute atomic E-state index is 0.0533. The number of amides is 2. The Morgan fingerprint density at radius 1 is 0.946 bits per heavy atom. The summed E-state index contributed by atoms with van der Waals surface area (Å²) in [5, 5.41) is 0. The maximum Gasteiger partial charge on any atom is 0.410 e. The SMILES string of the molecule is O=C(OC1CCCC1)N1CC=C(C2=CCc3ncc(-c4ccc(C(=O)N5CCOCC5)cc4)cc32)CC1. The summed E-state index contributed by atoms with van der Waals surface area (Å²) in [6, 6.07) is 10.0. The van der Waals surface area contributed by atoms with E-state index in [0.717, 1.165) is 55.3 Å². The van der Waals surface area contributed by atoms with Gasteiger partial charge in [-0.15, -0.1) is 0 Å². The highest BCUT2D eigenvalue weighted by Crippen LogP contribution is 2.37. The van der Waals surface area contributed by atoms with Crippen LogP contribution in [0.1, 0.15) is 53.7 Å². The maximum atomic E-state index is 12.8. The molecule has 3 heterocycles. The zero-order valence-corrected chi connectivity index (χ0v) is 21.2. The predicted molar refractivity (Wildman–Crippen MR) is 141 cm³/mol. The van der Waals surface area contributed by atoms with Crippen LogP contribution in [0.4, 0.5) is 4.79 Å². The summed E-state index contributed by atoms with van der Waals surface area (Å²) in [6.45, 7) is 3.73. The fraction of sp³-hybridized carbons (Fsp3) is 0.433. The lowest BCUT2D eigenvalue weighted by atomic mass is 9.94. The molecule has 6 rings (SSSR count). The summed E-state index contributed by atoms with van der Waals surface area (Å²) in [7, 11) is 0. The average molecular weight is 500 g/mol. The topological polar surface area (TPSA) is 72.0 Å². The Kier molecular flexibility index (Phi) is 6.79. The Balaban J connectivity index is 1.14. The summed E-state index contributed by atoms with van der Waals surface area (Å²) < 4.78 is 11.1. The summed E-state index contributed by atoms with van der Waals surface area (Å²) in [6.07, 6.45) is 12.2. The van der Waals surface area contributed by atoms with Gasteiger partial charge in [-0.2, -0.15) is 0 Å². The second kappa shape index (κ2) is 10.5. The normalized spacial score (nSPS) is 19.9. The van der Waals surface area contributed by atoms with Gasteiger partial charge in [-0.1, -0.05) is 24.3 Å². The molecule has 2 amide bonds. The highest BCUT2D eigenvalue weighted by molar-refractivity contribution is 5.95. The minimum atomic E-state index is -0.178. The van der Waals surface area contributed by atoms with Crippen LogP contribution in [0.25, 0.3) is 16.7 Å². The number of morpholine rings is 1. The van der Waals surface area contributed by atoms with Gasteiger partial charge in [0.05, 0.1) is 18.9 Å². The third-order valence-corrected chi connectivity index (χ3v) is 7.91. The van der Waals surface area contributed by atoms with Gasteiger partial charge in [0, 0.05) is 55.5 Å². The first-order chi connectivity index (χ1) is 18.2. The molecule has 2 aliphatic carbocycles. The van der Waals surface area contributed by atoms with Crippen molar-refractivity contribution in [1.82, 2.24) is 14.8 Å². The van der Waals surface area contributed by atoms with Crippen molar-refractivity contribution in [2.75, 3.05) is 39.4 Å². The lowest BCUT2D eigenvalue weighted by Crippen LogP contribution is -2.40. The number of hydrogen-bond acceptors (Lipinski definition) is 5. The molecule has 2 aromatic rings. The number of benzene rings is 1. The number of carbonyl (C=O) groups is 2. The van der Waals surface area contributed by atoms with Gasteiger partial charge in [0.25, 0.3) is 5.91 Å². The molecule has 2 fully saturated rings. The van der Waals surface area contributed by atoms with Crippen molar-refractivity contribution in [3.05, 3.63) is 71.1 Å². The molecule has 7 nitrogen and oxygen atoms in total. The zero-order chi connectivity index (χ0) is 25.2. The van der Waals surface area contributed by atoms with Crippen LogP contribution in [0, 0.1) is 0 Å². The van der Waals surface area contributed by atoms with Crippen LogP contribution in [0.2, 0.25) is 0 Å². The summed E-state index contributed by atoms with van der Waals surface area (Å²) in [5.74, 6) is 0.0533. The average Bonchev–Trinajstić information content (AvgIpc) is 3.63. The van der Waals surface area contributed by atoms with Gasteiger partial charge in [-0.25, -0.2) is 4.79 Å². The van der Waals surface area contributed by atoms with Crippen LogP contribution in [0.5, 0.6) is 0 Å². The molecule has 192 valence electrons. The van der Waals surface area contributed by atoms with Crippen LogP contribution in [-0.2, 0) is 15.9 Å². The van der Waals surface area contributed by atoms with Crippen molar-refractivity contribution in [2.24, 2.45) is 0 Å². The predicted octanol–water partition coefficient (Wildman–Crippen LogP) is 4.87. The third kappa shape index (κ3) is 5.05. The van der Waals surface area contributed by atoms with E-state index in [-0.39, 0.29) is 18.1 Å². The molecule has 0 radical (unpaired) electrons. The molecular weight excluding hydrogens is 466 g/mol. The molecule has 7 heteroatoms.